The van der Waals surface area contributed by atoms with Crippen LogP contribution in [0.1, 0.15) is 50.1 Å². The van der Waals surface area contributed by atoms with Crippen LogP contribution in [0.2, 0.25) is 5.02 Å². The van der Waals surface area contributed by atoms with Crippen LogP contribution in [-0.2, 0) is 4.79 Å². The fraction of sp³-hybridized carbons (Fsp3) is 0.448. The van der Waals surface area contributed by atoms with Crippen molar-refractivity contribution in [3.8, 4) is 27.2 Å². The number of carbonyl (C=O) groups is 1. The Morgan fingerprint density at radius 1 is 1.12 bits per heavy atom. The second kappa shape index (κ2) is 11.0. The first-order chi connectivity index (χ1) is 19.3. The number of nitrogens with zero attached hydrogens (tertiary/aromatic N) is 4. The predicted octanol–water partition coefficient (Wildman–Crippen LogP) is 6.54. The fourth-order valence-electron chi connectivity index (χ4n) is 5.70. The normalized spacial score (nSPS) is 24.1. The highest BCUT2D eigenvalue weighted by Gasteiger charge is 2.47. The first-order valence-electron chi connectivity index (χ1n) is 13.7. The molecule has 2 atom stereocenters. The van der Waals surface area contributed by atoms with Crippen LogP contribution in [0.25, 0.3) is 21.1 Å². The van der Waals surface area contributed by atoms with Gasteiger partial charge in [-0.2, -0.15) is 15.9 Å². The summed E-state index contributed by atoms with van der Waals surface area (Å²) in [6.45, 7) is 1.23. The third-order valence-electron chi connectivity index (χ3n) is 8.25. The number of rotatable bonds is 6. The van der Waals surface area contributed by atoms with Crippen LogP contribution in [0, 0.1) is 17.2 Å². The Hall–Kier alpha value is -2.68. The number of thiazole rings is 1. The average Bonchev–Trinajstić information content (AvgIpc) is 3.60. The van der Waals surface area contributed by atoms with Gasteiger partial charge in [-0.3, -0.25) is 18.9 Å². The molecule has 2 saturated carbocycles. The van der Waals surface area contributed by atoms with E-state index in [9.17, 15) is 19.2 Å². The lowest BCUT2D eigenvalue weighted by atomic mass is 9.76. The van der Waals surface area contributed by atoms with Crippen molar-refractivity contribution < 1.29 is 13.9 Å². The van der Waals surface area contributed by atoms with Gasteiger partial charge in [0, 0.05) is 36.8 Å². The van der Waals surface area contributed by atoms with Gasteiger partial charge in [0.05, 0.1) is 38.9 Å². The molecule has 0 unspecified atom stereocenters. The number of carbonyl (C=O) groups excluding carboxylic acids is 1. The summed E-state index contributed by atoms with van der Waals surface area (Å²) in [5.41, 5.74) is 3.03. The van der Waals surface area contributed by atoms with E-state index in [0.717, 1.165) is 58.2 Å². The molecule has 1 amide bonds. The maximum atomic E-state index is 13.5. The maximum Gasteiger partial charge on any atom is 0.225 e. The van der Waals surface area contributed by atoms with Gasteiger partial charge in [0.25, 0.3) is 0 Å². The molecule has 3 N–H and O–H groups in total. The molecule has 6 rings (SSSR count). The summed E-state index contributed by atoms with van der Waals surface area (Å²) in [6.07, 6.45) is 6.68. The van der Waals surface area contributed by atoms with E-state index in [1.54, 1.807) is 23.6 Å². The van der Waals surface area contributed by atoms with Gasteiger partial charge in [-0.25, -0.2) is 4.98 Å². The molecule has 2 aliphatic carbocycles. The molecule has 3 heterocycles. The van der Waals surface area contributed by atoms with E-state index in [-0.39, 0.29) is 17.7 Å². The second-order valence-electron chi connectivity index (χ2n) is 11.0. The van der Waals surface area contributed by atoms with Crippen molar-refractivity contribution in [1.82, 2.24) is 15.3 Å². The minimum Gasteiger partial charge on any atom is -0.368 e. The number of amides is 1. The highest BCUT2D eigenvalue weighted by atomic mass is 35.5. The zero-order valence-corrected chi connectivity index (χ0v) is 24.4. The molecule has 3 aliphatic rings. The van der Waals surface area contributed by atoms with E-state index in [1.165, 1.54) is 0 Å². The number of hydrogen-bond donors (Lipinski definition) is 3. The monoisotopic (exact) mass is 597 g/mol. The molecule has 210 valence electrons. The first kappa shape index (κ1) is 27.5. The van der Waals surface area contributed by atoms with E-state index in [0.29, 0.717) is 42.5 Å². The van der Waals surface area contributed by atoms with Crippen molar-refractivity contribution in [2.45, 2.75) is 50.0 Å². The Morgan fingerprint density at radius 3 is 2.50 bits per heavy atom. The van der Waals surface area contributed by atoms with Crippen LogP contribution in [0.5, 0.6) is 0 Å². The van der Waals surface area contributed by atoms with Gasteiger partial charge >= 0.3 is 0 Å². The third kappa shape index (κ3) is 5.71. The lowest BCUT2D eigenvalue weighted by molar-refractivity contribution is -0.127. The molecule has 0 spiro atoms. The molecule has 0 bridgehead atoms. The third-order valence-corrected chi connectivity index (χ3v) is 11.3. The first-order valence-corrected chi connectivity index (χ1v) is 16.8. The van der Waals surface area contributed by atoms with Crippen LogP contribution < -0.4 is 10.2 Å². The molecule has 40 heavy (non-hydrogen) atoms. The Morgan fingerprint density at radius 2 is 1.85 bits per heavy atom. The SMILES string of the molecule is N#CC1(NC(=O)[C@@H]2CCCC[C@H]2c2nc(-c3ccc(Cl)cn3)sc2-c2ccc(N3CCS(O)(O)CC3)cc2)CC1. The highest BCUT2D eigenvalue weighted by Crippen LogP contribution is 2.47. The van der Waals surface area contributed by atoms with E-state index < -0.39 is 16.1 Å². The molecular weight excluding hydrogens is 566 g/mol. The smallest absolute Gasteiger partial charge is 0.225 e. The number of benzene rings is 1. The summed E-state index contributed by atoms with van der Waals surface area (Å²) in [5.74, 6) is 0.453. The summed E-state index contributed by atoms with van der Waals surface area (Å²) in [5, 5.41) is 13.9. The molecule has 3 fully saturated rings. The van der Waals surface area contributed by atoms with Gasteiger partial charge in [0.2, 0.25) is 5.91 Å². The topological polar surface area (TPSA) is 122 Å². The molecular formula is C29H32ClN5O3S2. The fourth-order valence-corrected chi connectivity index (χ4v) is 8.16. The number of pyridine rings is 1. The van der Waals surface area contributed by atoms with Crippen LogP contribution in [0.3, 0.4) is 0 Å². The Balaban J connectivity index is 1.34. The number of halogens is 1. The second-order valence-corrected chi connectivity index (χ2v) is 14.9. The minimum atomic E-state index is -2.45. The highest BCUT2D eigenvalue weighted by molar-refractivity contribution is 8.24. The quantitative estimate of drug-likeness (QED) is 0.295. The summed E-state index contributed by atoms with van der Waals surface area (Å²) in [6, 6.07) is 14.3. The van der Waals surface area contributed by atoms with Crippen molar-refractivity contribution in [1.29, 1.82) is 5.26 Å². The maximum absolute atomic E-state index is 13.5. The number of hydrogen-bond acceptors (Lipinski definition) is 8. The predicted molar refractivity (Wildman–Crippen MR) is 161 cm³/mol. The molecule has 0 radical (unpaired) electrons. The lowest BCUT2D eigenvalue weighted by Crippen LogP contribution is -2.42. The molecule has 2 aromatic heterocycles. The molecule has 8 nitrogen and oxygen atoms in total. The van der Waals surface area contributed by atoms with Gasteiger partial charge in [-0.1, -0.05) is 36.6 Å². The largest absolute Gasteiger partial charge is 0.368 e. The average molecular weight is 598 g/mol. The van der Waals surface area contributed by atoms with Gasteiger partial charge in [0.15, 0.2) is 0 Å². The van der Waals surface area contributed by atoms with Crippen LogP contribution in [0.15, 0.2) is 42.6 Å². The van der Waals surface area contributed by atoms with E-state index in [2.05, 4.69) is 45.5 Å². The van der Waals surface area contributed by atoms with Crippen molar-refractivity contribution in [2.75, 3.05) is 29.5 Å². The summed E-state index contributed by atoms with van der Waals surface area (Å²) in [7, 11) is -2.45. The molecule has 1 saturated heterocycles. The van der Waals surface area contributed by atoms with Crippen LogP contribution in [0.4, 0.5) is 5.69 Å². The molecule has 11 heteroatoms. The Bertz CT molecular complexity index is 1420. The number of aromatic nitrogens is 2. The Kier molecular flexibility index (Phi) is 7.53. The van der Waals surface area contributed by atoms with Crippen molar-refractivity contribution in [3.63, 3.8) is 0 Å². The summed E-state index contributed by atoms with van der Waals surface area (Å²) >= 11 is 7.67. The lowest BCUT2D eigenvalue weighted by Gasteiger charge is -2.41. The summed E-state index contributed by atoms with van der Waals surface area (Å²) < 4.78 is 20.0. The zero-order valence-electron chi connectivity index (χ0n) is 22.1. The van der Waals surface area contributed by atoms with Crippen molar-refractivity contribution >= 4 is 45.1 Å². The zero-order chi connectivity index (χ0) is 27.9. The van der Waals surface area contributed by atoms with Crippen molar-refractivity contribution in [3.05, 3.63) is 53.3 Å². The van der Waals surface area contributed by atoms with Crippen LogP contribution >= 0.6 is 33.5 Å². The van der Waals surface area contributed by atoms with Crippen LogP contribution in [-0.4, -0.2) is 55.1 Å². The molecule has 3 aromatic rings. The van der Waals surface area contributed by atoms with Gasteiger partial charge < -0.3 is 10.2 Å². The number of anilines is 1. The number of nitriles is 1. The van der Waals surface area contributed by atoms with Gasteiger partial charge in [0.1, 0.15) is 10.5 Å². The standard InChI is InChI=1S/C29H32ClN5O3S2/c30-20-7-10-24(32-17-20)28-33-25(22-3-1-2-4-23(22)27(36)34-29(18-31)11-12-29)26(39-28)19-5-8-21(9-6-19)35-13-15-40(37,38)16-14-35/h5-10,17,22-23,37-38H,1-4,11-16H2,(H,34,36)/t22-,23-/m1/s1. The molecule has 1 aliphatic heterocycles. The Labute approximate surface area is 244 Å². The van der Waals surface area contributed by atoms with E-state index in [4.69, 9.17) is 16.6 Å². The minimum absolute atomic E-state index is 0.0414. The van der Waals surface area contributed by atoms with Gasteiger partial charge in [-0.05, 0) is 55.5 Å². The molecule has 1 aromatic carbocycles. The van der Waals surface area contributed by atoms with Gasteiger partial charge in [-0.15, -0.1) is 11.3 Å². The van der Waals surface area contributed by atoms with Crippen molar-refractivity contribution in [2.24, 2.45) is 5.92 Å². The van der Waals surface area contributed by atoms with E-state index >= 15 is 0 Å². The van der Waals surface area contributed by atoms with E-state index in [1.807, 2.05) is 6.07 Å². The number of nitrogens with one attached hydrogen (secondary N) is 1. The summed E-state index contributed by atoms with van der Waals surface area (Å²) in [4.78, 5) is 26.3.